The van der Waals surface area contributed by atoms with Crippen LogP contribution in [0.3, 0.4) is 0 Å². The van der Waals surface area contributed by atoms with Crippen LogP contribution in [-0.2, 0) is 12.8 Å². The third-order valence-electron chi connectivity index (χ3n) is 2.81. The molecule has 0 fully saturated rings. The van der Waals surface area contributed by atoms with Gasteiger partial charge in [0, 0.05) is 11.6 Å². The molecule has 78 valence electrons. The number of hydrogen-bond donors (Lipinski definition) is 1. The number of phenolic OH excluding ortho intramolecular Hbond substituents is 1. The highest BCUT2D eigenvalue weighted by Crippen LogP contribution is 2.28. The minimum atomic E-state index is 0.275. The first kappa shape index (κ1) is 9.97. The van der Waals surface area contributed by atoms with Crippen molar-refractivity contribution in [1.29, 1.82) is 0 Å². The Labute approximate surface area is 89.6 Å². The molecule has 0 spiro atoms. The molecule has 0 saturated carbocycles. The van der Waals surface area contributed by atoms with Gasteiger partial charge in [-0.3, -0.25) is 4.98 Å². The molecule has 0 aliphatic heterocycles. The van der Waals surface area contributed by atoms with E-state index in [1.54, 1.807) is 12.3 Å². The van der Waals surface area contributed by atoms with E-state index in [2.05, 4.69) is 18.8 Å². The Hall–Kier alpha value is -1.57. The summed E-state index contributed by atoms with van der Waals surface area (Å²) < 4.78 is 0. The summed E-state index contributed by atoms with van der Waals surface area (Å²) in [5.41, 5.74) is 3.24. The molecule has 0 bridgehead atoms. The lowest BCUT2D eigenvalue weighted by Crippen LogP contribution is -1.92. The number of aromatic hydroxyl groups is 1. The van der Waals surface area contributed by atoms with E-state index in [9.17, 15) is 5.11 Å². The Morgan fingerprint density at radius 1 is 1.07 bits per heavy atom. The molecular weight excluding hydrogens is 186 g/mol. The quantitative estimate of drug-likeness (QED) is 0.810. The van der Waals surface area contributed by atoms with Crippen molar-refractivity contribution in [3.05, 3.63) is 35.5 Å². The molecule has 2 nitrogen and oxygen atoms in total. The van der Waals surface area contributed by atoms with Crippen LogP contribution in [0, 0.1) is 0 Å². The molecule has 0 saturated heterocycles. The van der Waals surface area contributed by atoms with Crippen LogP contribution in [0.4, 0.5) is 0 Å². The number of rotatable bonds is 2. The molecule has 15 heavy (non-hydrogen) atoms. The number of benzene rings is 1. The summed E-state index contributed by atoms with van der Waals surface area (Å²) in [7, 11) is 0. The average Bonchev–Trinajstić information content (AvgIpc) is 2.29. The molecule has 1 aromatic carbocycles. The minimum Gasteiger partial charge on any atom is -0.506 e. The van der Waals surface area contributed by atoms with Gasteiger partial charge in [0.2, 0.25) is 0 Å². The second-order valence-electron chi connectivity index (χ2n) is 3.64. The van der Waals surface area contributed by atoms with Crippen molar-refractivity contribution >= 4 is 10.9 Å². The van der Waals surface area contributed by atoms with Gasteiger partial charge in [0.15, 0.2) is 0 Å². The van der Waals surface area contributed by atoms with E-state index in [-0.39, 0.29) is 5.75 Å². The van der Waals surface area contributed by atoms with Crippen LogP contribution >= 0.6 is 0 Å². The van der Waals surface area contributed by atoms with E-state index >= 15 is 0 Å². The maximum atomic E-state index is 9.75. The fraction of sp³-hybridized carbons (Fsp3) is 0.308. The molecule has 2 aromatic rings. The molecule has 0 aliphatic rings. The van der Waals surface area contributed by atoms with Gasteiger partial charge in [0.1, 0.15) is 11.3 Å². The summed E-state index contributed by atoms with van der Waals surface area (Å²) in [6.45, 7) is 4.25. The number of phenols is 1. The predicted molar refractivity (Wildman–Crippen MR) is 62.2 cm³/mol. The number of hydrogen-bond acceptors (Lipinski definition) is 2. The van der Waals surface area contributed by atoms with Crippen LogP contribution in [0.15, 0.2) is 24.4 Å². The highest BCUT2D eigenvalue weighted by molar-refractivity contribution is 5.90. The van der Waals surface area contributed by atoms with Crippen molar-refractivity contribution in [2.75, 3.05) is 0 Å². The van der Waals surface area contributed by atoms with Crippen LogP contribution in [0.2, 0.25) is 0 Å². The molecule has 0 atom stereocenters. The monoisotopic (exact) mass is 201 g/mol. The zero-order valence-electron chi connectivity index (χ0n) is 9.12. The molecule has 0 radical (unpaired) electrons. The number of pyridine rings is 1. The molecule has 1 N–H and O–H groups in total. The van der Waals surface area contributed by atoms with E-state index in [4.69, 9.17) is 0 Å². The first-order chi connectivity index (χ1) is 7.27. The van der Waals surface area contributed by atoms with E-state index < -0.39 is 0 Å². The fourth-order valence-electron chi connectivity index (χ4n) is 1.99. The van der Waals surface area contributed by atoms with Gasteiger partial charge in [-0.15, -0.1) is 0 Å². The first-order valence-electron chi connectivity index (χ1n) is 5.36. The molecule has 2 heteroatoms. The predicted octanol–water partition coefficient (Wildman–Crippen LogP) is 3.07. The number of aryl methyl sites for hydroxylation is 2. The van der Waals surface area contributed by atoms with Crippen molar-refractivity contribution in [2.24, 2.45) is 0 Å². The van der Waals surface area contributed by atoms with Crippen molar-refractivity contribution in [3.63, 3.8) is 0 Å². The first-order valence-corrected chi connectivity index (χ1v) is 5.36. The maximum absolute atomic E-state index is 9.75. The summed E-state index contributed by atoms with van der Waals surface area (Å²) in [5, 5.41) is 10.9. The summed E-state index contributed by atoms with van der Waals surface area (Å²) in [5.74, 6) is 0.275. The Bertz CT molecular complexity index is 481. The van der Waals surface area contributed by atoms with Crippen molar-refractivity contribution in [1.82, 2.24) is 4.98 Å². The highest BCUT2D eigenvalue weighted by Gasteiger charge is 2.08. The Morgan fingerprint density at radius 3 is 2.40 bits per heavy atom. The van der Waals surface area contributed by atoms with Crippen LogP contribution in [0.1, 0.15) is 25.0 Å². The number of aromatic nitrogens is 1. The van der Waals surface area contributed by atoms with Gasteiger partial charge in [-0.25, -0.2) is 0 Å². The second kappa shape index (κ2) is 3.89. The molecule has 0 aliphatic carbocycles. The molecular formula is C13H15NO. The Balaban J connectivity index is 2.87. The summed E-state index contributed by atoms with van der Waals surface area (Å²) in [6.07, 6.45) is 3.70. The zero-order chi connectivity index (χ0) is 10.8. The summed E-state index contributed by atoms with van der Waals surface area (Å²) >= 11 is 0. The third-order valence-corrected chi connectivity index (χ3v) is 2.81. The maximum Gasteiger partial charge on any atom is 0.141 e. The molecule has 1 heterocycles. The fourth-order valence-corrected chi connectivity index (χ4v) is 1.99. The minimum absolute atomic E-state index is 0.275. The van der Waals surface area contributed by atoms with Crippen molar-refractivity contribution in [3.8, 4) is 5.75 Å². The van der Waals surface area contributed by atoms with Crippen molar-refractivity contribution in [2.45, 2.75) is 26.7 Å². The highest BCUT2D eigenvalue weighted by atomic mass is 16.3. The van der Waals surface area contributed by atoms with E-state index in [0.29, 0.717) is 0 Å². The van der Waals surface area contributed by atoms with Crippen LogP contribution in [0.25, 0.3) is 10.9 Å². The van der Waals surface area contributed by atoms with Crippen LogP contribution in [0.5, 0.6) is 5.75 Å². The third kappa shape index (κ3) is 1.56. The molecule has 0 amide bonds. The zero-order valence-corrected chi connectivity index (χ0v) is 9.12. The smallest absolute Gasteiger partial charge is 0.141 e. The molecule has 1 aromatic heterocycles. The lowest BCUT2D eigenvalue weighted by Gasteiger charge is -2.09. The lowest BCUT2D eigenvalue weighted by atomic mass is 9.99. The van der Waals surface area contributed by atoms with E-state index in [0.717, 1.165) is 23.7 Å². The Morgan fingerprint density at radius 2 is 1.73 bits per heavy atom. The normalized spacial score (nSPS) is 10.8. The van der Waals surface area contributed by atoms with Crippen LogP contribution < -0.4 is 0 Å². The largest absolute Gasteiger partial charge is 0.506 e. The van der Waals surface area contributed by atoms with Gasteiger partial charge in [-0.2, -0.15) is 0 Å². The number of nitrogens with zero attached hydrogens (tertiary/aromatic N) is 1. The SMILES string of the molecule is CCc1ccnc2c(O)ccc(CC)c12. The van der Waals surface area contributed by atoms with Gasteiger partial charge < -0.3 is 5.11 Å². The van der Waals surface area contributed by atoms with Gasteiger partial charge in [-0.05, 0) is 36.1 Å². The summed E-state index contributed by atoms with van der Waals surface area (Å²) in [6, 6.07) is 5.74. The average molecular weight is 201 g/mol. The van der Waals surface area contributed by atoms with Crippen molar-refractivity contribution < 1.29 is 5.11 Å². The topological polar surface area (TPSA) is 33.1 Å². The van der Waals surface area contributed by atoms with Gasteiger partial charge in [0.05, 0.1) is 0 Å². The van der Waals surface area contributed by atoms with Crippen LogP contribution in [-0.4, -0.2) is 10.1 Å². The Kier molecular flexibility index (Phi) is 2.58. The molecule has 0 unspecified atom stereocenters. The van der Waals surface area contributed by atoms with E-state index in [1.165, 1.54) is 11.1 Å². The standard InChI is InChI=1S/C13H15NO/c1-3-9-5-6-11(15)13-12(9)10(4-2)7-8-14-13/h5-8,15H,3-4H2,1-2H3. The van der Waals surface area contributed by atoms with Gasteiger partial charge in [-0.1, -0.05) is 19.9 Å². The molecule has 2 rings (SSSR count). The lowest BCUT2D eigenvalue weighted by molar-refractivity contribution is 0.480. The number of fused-ring (bicyclic) bond motifs is 1. The van der Waals surface area contributed by atoms with E-state index in [1.807, 2.05) is 12.1 Å². The second-order valence-corrected chi connectivity index (χ2v) is 3.64. The van der Waals surface area contributed by atoms with Gasteiger partial charge in [0.25, 0.3) is 0 Å². The summed E-state index contributed by atoms with van der Waals surface area (Å²) in [4.78, 5) is 4.25. The van der Waals surface area contributed by atoms with Gasteiger partial charge >= 0.3 is 0 Å².